The molecule has 1 N–H and O–H groups in total. The van der Waals surface area contributed by atoms with Crippen molar-refractivity contribution in [1.82, 2.24) is 15.1 Å². The lowest BCUT2D eigenvalue weighted by atomic mass is 9.92. The van der Waals surface area contributed by atoms with Crippen LogP contribution in [-0.4, -0.2) is 22.2 Å². The van der Waals surface area contributed by atoms with Crippen LogP contribution in [-0.2, 0) is 12.0 Å². The minimum atomic E-state index is -0.00417. The van der Waals surface area contributed by atoms with Gasteiger partial charge in [0.2, 0.25) is 0 Å². The number of fused-ring (bicyclic) bond motifs is 1. The first kappa shape index (κ1) is 10.2. The number of aromatic nitrogens is 2. The van der Waals surface area contributed by atoms with Crippen LogP contribution in [0.2, 0.25) is 0 Å². The van der Waals surface area contributed by atoms with Crippen molar-refractivity contribution in [3.05, 3.63) is 17.5 Å². The van der Waals surface area contributed by atoms with E-state index in [4.69, 9.17) is 0 Å². The van der Waals surface area contributed by atoms with Gasteiger partial charge in [0.05, 0.1) is 5.69 Å². The SMILES string of the molecule is CC(C)(C)c1cc2n(n1)CCCNC2=O. The molecule has 0 aliphatic carbocycles. The molecule has 0 bridgehead atoms. The lowest BCUT2D eigenvalue weighted by Gasteiger charge is -2.14. The Hall–Kier alpha value is -1.32. The van der Waals surface area contributed by atoms with Gasteiger partial charge in [0.1, 0.15) is 5.69 Å². The lowest BCUT2D eigenvalue weighted by molar-refractivity contribution is 0.0950. The first-order valence-electron chi connectivity index (χ1n) is 5.35. The number of aryl methyl sites for hydroxylation is 1. The molecule has 0 atom stereocenters. The molecule has 4 nitrogen and oxygen atoms in total. The van der Waals surface area contributed by atoms with E-state index in [1.807, 2.05) is 10.7 Å². The van der Waals surface area contributed by atoms with Crippen molar-refractivity contribution in [3.8, 4) is 0 Å². The second-order valence-electron chi connectivity index (χ2n) is 5.00. The zero-order valence-electron chi connectivity index (χ0n) is 9.50. The zero-order chi connectivity index (χ0) is 11.1. The van der Waals surface area contributed by atoms with Gasteiger partial charge in [-0.25, -0.2) is 0 Å². The molecule has 82 valence electrons. The summed E-state index contributed by atoms with van der Waals surface area (Å²) in [6.45, 7) is 7.88. The monoisotopic (exact) mass is 207 g/mol. The van der Waals surface area contributed by atoms with Gasteiger partial charge in [-0.05, 0) is 12.5 Å². The van der Waals surface area contributed by atoms with Crippen molar-refractivity contribution in [2.45, 2.75) is 39.2 Å². The lowest BCUT2D eigenvalue weighted by Crippen LogP contribution is -2.22. The maximum Gasteiger partial charge on any atom is 0.269 e. The summed E-state index contributed by atoms with van der Waals surface area (Å²) in [5, 5.41) is 7.35. The summed E-state index contributed by atoms with van der Waals surface area (Å²) in [7, 11) is 0. The summed E-state index contributed by atoms with van der Waals surface area (Å²) < 4.78 is 1.82. The fourth-order valence-corrected chi connectivity index (χ4v) is 1.66. The Kier molecular flexibility index (Phi) is 2.29. The maximum atomic E-state index is 11.7. The van der Waals surface area contributed by atoms with Gasteiger partial charge in [0.25, 0.3) is 5.91 Å². The molecule has 0 fully saturated rings. The third kappa shape index (κ3) is 1.89. The van der Waals surface area contributed by atoms with Gasteiger partial charge in [-0.1, -0.05) is 20.8 Å². The predicted molar refractivity (Wildman–Crippen MR) is 57.9 cm³/mol. The van der Waals surface area contributed by atoms with Crippen molar-refractivity contribution in [2.75, 3.05) is 6.54 Å². The Morgan fingerprint density at radius 1 is 1.47 bits per heavy atom. The molecule has 1 aliphatic heterocycles. The number of carbonyl (C=O) groups excluding carboxylic acids is 1. The molecule has 1 amide bonds. The number of amides is 1. The van der Waals surface area contributed by atoms with Crippen LogP contribution in [0.3, 0.4) is 0 Å². The van der Waals surface area contributed by atoms with Gasteiger partial charge in [-0.3, -0.25) is 9.48 Å². The van der Waals surface area contributed by atoms with E-state index in [9.17, 15) is 4.79 Å². The molecule has 0 spiro atoms. The van der Waals surface area contributed by atoms with Gasteiger partial charge >= 0.3 is 0 Å². The molecule has 0 aromatic carbocycles. The van der Waals surface area contributed by atoms with Crippen LogP contribution in [0.5, 0.6) is 0 Å². The highest BCUT2D eigenvalue weighted by atomic mass is 16.2. The van der Waals surface area contributed by atoms with E-state index in [2.05, 4.69) is 31.2 Å². The van der Waals surface area contributed by atoms with E-state index in [1.54, 1.807) is 0 Å². The highest BCUT2D eigenvalue weighted by Crippen LogP contribution is 2.22. The third-order valence-corrected chi connectivity index (χ3v) is 2.61. The highest BCUT2D eigenvalue weighted by Gasteiger charge is 2.23. The van der Waals surface area contributed by atoms with Crippen molar-refractivity contribution < 1.29 is 4.79 Å². The first-order valence-corrected chi connectivity index (χ1v) is 5.35. The number of hydrogen-bond donors (Lipinski definition) is 1. The summed E-state index contributed by atoms with van der Waals surface area (Å²) in [6.07, 6.45) is 0.948. The average molecular weight is 207 g/mol. The summed E-state index contributed by atoms with van der Waals surface area (Å²) in [5.41, 5.74) is 1.67. The number of nitrogens with one attached hydrogen (secondary N) is 1. The highest BCUT2D eigenvalue weighted by molar-refractivity contribution is 5.92. The Labute approximate surface area is 89.7 Å². The molecule has 0 unspecified atom stereocenters. The molecule has 0 saturated carbocycles. The molecule has 0 saturated heterocycles. The second-order valence-corrected chi connectivity index (χ2v) is 5.00. The van der Waals surface area contributed by atoms with Crippen LogP contribution in [0.25, 0.3) is 0 Å². The average Bonchev–Trinajstić information content (AvgIpc) is 2.49. The third-order valence-electron chi connectivity index (χ3n) is 2.61. The van der Waals surface area contributed by atoms with Crippen LogP contribution in [0.1, 0.15) is 43.4 Å². The quantitative estimate of drug-likeness (QED) is 0.697. The van der Waals surface area contributed by atoms with Gasteiger partial charge < -0.3 is 5.32 Å². The molecule has 15 heavy (non-hydrogen) atoms. The fourth-order valence-electron chi connectivity index (χ4n) is 1.66. The number of rotatable bonds is 0. The zero-order valence-corrected chi connectivity index (χ0v) is 9.50. The van der Waals surface area contributed by atoms with Crippen molar-refractivity contribution in [1.29, 1.82) is 0 Å². The minimum Gasteiger partial charge on any atom is -0.351 e. The maximum absolute atomic E-state index is 11.7. The van der Waals surface area contributed by atoms with Crippen LogP contribution in [0.4, 0.5) is 0 Å². The molecule has 2 heterocycles. The van der Waals surface area contributed by atoms with E-state index in [1.165, 1.54) is 0 Å². The van der Waals surface area contributed by atoms with Gasteiger partial charge in [0.15, 0.2) is 0 Å². The molecule has 2 rings (SSSR count). The van der Waals surface area contributed by atoms with E-state index < -0.39 is 0 Å². The van der Waals surface area contributed by atoms with Crippen LogP contribution in [0.15, 0.2) is 6.07 Å². The largest absolute Gasteiger partial charge is 0.351 e. The number of hydrogen-bond acceptors (Lipinski definition) is 2. The smallest absolute Gasteiger partial charge is 0.269 e. The summed E-state index contributed by atoms with van der Waals surface area (Å²) in [6, 6.07) is 1.90. The Balaban J connectivity index is 2.42. The van der Waals surface area contributed by atoms with Crippen molar-refractivity contribution in [3.63, 3.8) is 0 Å². The molecule has 1 aromatic rings. The van der Waals surface area contributed by atoms with Gasteiger partial charge in [0, 0.05) is 18.5 Å². The molecular weight excluding hydrogens is 190 g/mol. The molecule has 0 radical (unpaired) electrons. The summed E-state index contributed by atoms with van der Waals surface area (Å²) in [5.74, 6) is -0.00417. The van der Waals surface area contributed by atoms with Gasteiger partial charge in [-0.2, -0.15) is 5.10 Å². The molecule has 1 aromatic heterocycles. The number of carbonyl (C=O) groups is 1. The summed E-state index contributed by atoms with van der Waals surface area (Å²) in [4.78, 5) is 11.7. The van der Waals surface area contributed by atoms with Crippen LogP contribution < -0.4 is 5.32 Å². The van der Waals surface area contributed by atoms with E-state index in [0.29, 0.717) is 5.69 Å². The normalized spacial score (nSPS) is 16.9. The number of nitrogens with zero attached hydrogens (tertiary/aromatic N) is 2. The summed E-state index contributed by atoms with van der Waals surface area (Å²) >= 11 is 0. The Morgan fingerprint density at radius 3 is 2.87 bits per heavy atom. The molecular formula is C11H17N3O. The van der Waals surface area contributed by atoms with Gasteiger partial charge in [-0.15, -0.1) is 0 Å². The van der Waals surface area contributed by atoms with E-state index in [-0.39, 0.29) is 11.3 Å². The first-order chi connectivity index (χ1) is 6.98. The standard InChI is InChI=1S/C11H17N3O/c1-11(2,3)9-7-8-10(15)12-5-4-6-14(8)13-9/h7H,4-6H2,1-3H3,(H,12,15). The Bertz CT molecular complexity index is 387. The van der Waals surface area contributed by atoms with Crippen LogP contribution in [0, 0.1) is 0 Å². The molecule has 4 heteroatoms. The van der Waals surface area contributed by atoms with E-state index in [0.717, 1.165) is 25.2 Å². The minimum absolute atomic E-state index is 0.000519. The predicted octanol–water partition coefficient (Wildman–Crippen LogP) is 1.31. The fraction of sp³-hybridized carbons (Fsp3) is 0.636. The molecule has 1 aliphatic rings. The second kappa shape index (κ2) is 3.36. The van der Waals surface area contributed by atoms with E-state index >= 15 is 0 Å². The van der Waals surface area contributed by atoms with Crippen LogP contribution >= 0.6 is 0 Å². The Morgan fingerprint density at radius 2 is 2.20 bits per heavy atom. The van der Waals surface area contributed by atoms with Crippen molar-refractivity contribution in [2.24, 2.45) is 0 Å². The topological polar surface area (TPSA) is 46.9 Å². The van der Waals surface area contributed by atoms with Crippen molar-refractivity contribution >= 4 is 5.91 Å².